The van der Waals surface area contributed by atoms with Gasteiger partial charge in [0.05, 0.1) is 0 Å². The molecule has 0 bridgehead atoms. The van der Waals surface area contributed by atoms with Crippen LogP contribution in [0.1, 0.15) is 4.88 Å². The SMILES string of the molecule is CNCc1cnc(-c2cccc(OC(F)(F)F)c2)s1. The van der Waals surface area contributed by atoms with E-state index in [1.807, 2.05) is 7.05 Å². The molecule has 0 saturated carbocycles. The van der Waals surface area contributed by atoms with E-state index in [0.29, 0.717) is 17.1 Å². The fourth-order valence-electron chi connectivity index (χ4n) is 1.52. The Morgan fingerprint density at radius 1 is 1.37 bits per heavy atom. The molecule has 0 aliphatic carbocycles. The standard InChI is InChI=1S/C12H11F3N2OS/c1-16-6-10-7-17-11(19-10)8-3-2-4-9(5-8)18-12(13,14)15/h2-5,7,16H,6H2,1H3. The molecule has 0 saturated heterocycles. The summed E-state index contributed by atoms with van der Waals surface area (Å²) in [6.07, 6.45) is -2.98. The lowest BCUT2D eigenvalue weighted by Gasteiger charge is -2.09. The van der Waals surface area contributed by atoms with Crippen LogP contribution in [0.15, 0.2) is 30.5 Å². The van der Waals surface area contributed by atoms with E-state index < -0.39 is 6.36 Å². The number of nitrogens with zero attached hydrogens (tertiary/aromatic N) is 1. The maximum atomic E-state index is 12.1. The maximum Gasteiger partial charge on any atom is 0.573 e. The number of thiazole rings is 1. The molecular formula is C12H11F3N2OS. The van der Waals surface area contributed by atoms with Crippen LogP contribution < -0.4 is 10.1 Å². The largest absolute Gasteiger partial charge is 0.573 e. The van der Waals surface area contributed by atoms with E-state index in [-0.39, 0.29) is 5.75 Å². The number of hydrogen-bond acceptors (Lipinski definition) is 4. The number of aromatic nitrogens is 1. The van der Waals surface area contributed by atoms with Crippen LogP contribution in [0.4, 0.5) is 13.2 Å². The lowest BCUT2D eigenvalue weighted by molar-refractivity contribution is -0.274. The Bertz CT molecular complexity index is 554. The van der Waals surface area contributed by atoms with Crippen LogP contribution in [0.25, 0.3) is 10.6 Å². The summed E-state index contributed by atoms with van der Waals surface area (Å²) in [4.78, 5) is 5.20. The summed E-state index contributed by atoms with van der Waals surface area (Å²) in [5.74, 6) is -0.240. The van der Waals surface area contributed by atoms with Crippen molar-refractivity contribution in [3.05, 3.63) is 35.3 Å². The van der Waals surface area contributed by atoms with E-state index in [1.54, 1.807) is 12.3 Å². The summed E-state index contributed by atoms with van der Waals surface area (Å²) >= 11 is 1.43. The van der Waals surface area contributed by atoms with Gasteiger partial charge in [0.1, 0.15) is 10.8 Å². The predicted octanol–water partition coefficient (Wildman–Crippen LogP) is 3.43. The Hall–Kier alpha value is -1.60. The highest BCUT2D eigenvalue weighted by Crippen LogP contribution is 2.30. The van der Waals surface area contributed by atoms with E-state index in [1.165, 1.54) is 29.5 Å². The molecule has 0 fully saturated rings. The van der Waals surface area contributed by atoms with Gasteiger partial charge in [-0.25, -0.2) is 4.98 Å². The minimum atomic E-state index is -4.68. The normalized spacial score (nSPS) is 11.6. The van der Waals surface area contributed by atoms with Crippen molar-refractivity contribution in [1.29, 1.82) is 0 Å². The number of hydrogen-bond donors (Lipinski definition) is 1. The zero-order valence-corrected chi connectivity index (χ0v) is 10.8. The summed E-state index contributed by atoms with van der Waals surface area (Å²) in [6.45, 7) is 0.677. The highest BCUT2D eigenvalue weighted by Gasteiger charge is 2.31. The second kappa shape index (κ2) is 5.58. The van der Waals surface area contributed by atoms with Gasteiger partial charge in [0.2, 0.25) is 0 Å². The quantitative estimate of drug-likeness (QED) is 0.936. The minimum absolute atomic E-state index is 0.240. The van der Waals surface area contributed by atoms with Crippen LogP contribution in [0.3, 0.4) is 0 Å². The Balaban J connectivity index is 2.22. The molecule has 0 aliphatic rings. The average molecular weight is 288 g/mol. The highest BCUT2D eigenvalue weighted by atomic mass is 32.1. The first-order chi connectivity index (χ1) is 8.98. The van der Waals surface area contributed by atoms with Crippen molar-refractivity contribution >= 4 is 11.3 Å². The molecule has 0 spiro atoms. The van der Waals surface area contributed by atoms with Gasteiger partial charge in [-0.3, -0.25) is 0 Å². The van der Waals surface area contributed by atoms with Crippen molar-refractivity contribution in [2.24, 2.45) is 0 Å². The molecular weight excluding hydrogens is 277 g/mol. The zero-order chi connectivity index (χ0) is 13.9. The van der Waals surface area contributed by atoms with Gasteiger partial charge in [0.25, 0.3) is 0 Å². The van der Waals surface area contributed by atoms with Gasteiger partial charge in [-0.1, -0.05) is 12.1 Å². The summed E-state index contributed by atoms with van der Waals surface area (Å²) in [5, 5.41) is 3.65. The number of benzene rings is 1. The predicted molar refractivity (Wildman–Crippen MR) is 67.0 cm³/mol. The summed E-state index contributed by atoms with van der Waals surface area (Å²) in [5.41, 5.74) is 0.606. The molecule has 2 aromatic rings. The molecule has 0 atom stereocenters. The molecule has 1 heterocycles. The van der Waals surface area contributed by atoms with E-state index in [2.05, 4.69) is 15.0 Å². The number of ether oxygens (including phenoxy) is 1. The van der Waals surface area contributed by atoms with Crippen LogP contribution in [0.2, 0.25) is 0 Å². The van der Waals surface area contributed by atoms with Gasteiger partial charge in [-0.15, -0.1) is 24.5 Å². The first kappa shape index (κ1) is 13.8. The molecule has 2 rings (SSSR count). The van der Waals surface area contributed by atoms with Gasteiger partial charge in [-0.05, 0) is 19.2 Å². The third-order valence-corrected chi connectivity index (χ3v) is 3.27. The smallest absolute Gasteiger partial charge is 0.406 e. The Labute approximate surface area is 112 Å². The Kier molecular flexibility index (Phi) is 4.06. The molecule has 0 radical (unpaired) electrons. The Morgan fingerprint density at radius 3 is 2.84 bits per heavy atom. The fraction of sp³-hybridized carbons (Fsp3) is 0.250. The first-order valence-corrected chi connectivity index (χ1v) is 6.25. The lowest BCUT2D eigenvalue weighted by atomic mass is 10.2. The van der Waals surface area contributed by atoms with Crippen molar-refractivity contribution in [1.82, 2.24) is 10.3 Å². The maximum absolute atomic E-state index is 12.1. The van der Waals surface area contributed by atoms with E-state index in [9.17, 15) is 13.2 Å². The highest BCUT2D eigenvalue weighted by molar-refractivity contribution is 7.15. The Morgan fingerprint density at radius 2 is 2.16 bits per heavy atom. The third-order valence-electron chi connectivity index (χ3n) is 2.22. The van der Waals surface area contributed by atoms with Crippen molar-refractivity contribution in [2.75, 3.05) is 7.05 Å². The molecule has 1 aromatic carbocycles. The molecule has 19 heavy (non-hydrogen) atoms. The minimum Gasteiger partial charge on any atom is -0.406 e. The summed E-state index contributed by atoms with van der Waals surface area (Å²) in [7, 11) is 1.82. The van der Waals surface area contributed by atoms with Crippen LogP contribution in [0, 0.1) is 0 Å². The van der Waals surface area contributed by atoms with E-state index in [4.69, 9.17) is 0 Å². The van der Waals surface area contributed by atoms with Gasteiger partial charge < -0.3 is 10.1 Å². The lowest BCUT2D eigenvalue weighted by Crippen LogP contribution is -2.17. The second-order valence-corrected chi connectivity index (χ2v) is 4.85. The second-order valence-electron chi connectivity index (χ2n) is 3.74. The van der Waals surface area contributed by atoms with Crippen LogP contribution in [0.5, 0.6) is 5.75 Å². The molecule has 1 aromatic heterocycles. The van der Waals surface area contributed by atoms with Crippen molar-refractivity contribution in [2.45, 2.75) is 12.9 Å². The van der Waals surface area contributed by atoms with Crippen LogP contribution in [-0.4, -0.2) is 18.4 Å². The molecule has 1 N–H and O–H groups in total. The monoisotopic (exact) mass is 288 g/mol. The van der Waals surface area contributed by atoms with Crippen molar-refractivity contribution < 1.29 is 17.9 Å². The molecule has 7 heteroatoms. The number of alkyl halides is 3. The van der Waals surface area contributed by atoms with Crippen LogP contribution >= 0.6 is 11.3 Å². The van der Waals surface area contributed by atoms with Gasteiger partial charge in [-0.2, -0.15) is 0 Å². The van der Waals surface area contributed by atoms with Crippen molar-refractivity contribution in [3.63, 3.8) is 0 Å². The van der Waals surface area contributed by atoms with Crippen LogP contribution in [-0.2, 0) is 6.54 Å². The van der Waals surface area contributed by atoms with Gasteiger partial charge in [0.15, 0.2) is 0 Å². The molecule has 102 valence electrons. The number of rotatable bonds is 4. The van der Waals surface area contributed by atoms with Gasteiger partial charge >= 0.3 is 6.36 Å². The zero-order valence-electron chi connectivity index (χ0n) is 9.99. The van der Waals surface area contributed by atoms with E-state index in [0.717, 1.165) is 4.88 Å². The third kappa shape index (κ3) is 3.93. The number of nitrogens with one attached hydrogen (secondary N) is 1. The fourth-order valence-corrected chi connectivity index (χ4v) is 2.44. The molecule has 0 amide bonds. The molecule has 0 unspecified atom stereocenters. The first-order valence-electron chi connectivity index (χ1n) is 5.43. The topological polar surface area (TPSA) is 34.2 Å². The van der Waals surface area contributed by atoms with E-state index >= 15 is 0 Å². The molecule has 0 aliphatic heterocycles. The van der Waals surface area contributed by atoms with Crippen molar-refractivity contribution in [3.8, 4) is 16.3 Å². The average Bonchev–Trinajstić information content (AvgIpc) is 2.76. The number of halogens is 3. The summed E-state index contributed by atoms with van der Waals surface area (Å²) < 4.78 is 40.3. The van der Waals surface area contributed by atoms with Gasteiger partial charge in [0, 0.05) is 23.2 Å². The molecule has 3 nitrogen and oxygen atoms in total. The summed E-state index contributed by atoms with van der Waals surface area (Å²) in [6, 6.07) is 5.80.